The molecular formula is C23H23N5O2. The van der Waals surface area contributed by atoms with Crippen LogP contribution in [0.4, 0.5) is 0 Å². The van der Waals surface area contributed by atoms with E-state index in [0.717, 1.165) is 16.7 Å². The Kier molecular flexibility index (Phi) is 5.43. The van der Waals surface area contributed by atoms with Gasteiger partial charge in [-0.2, -0.15) is 5.10 Å². The van der Waals surface area contributed by atoms with Crippen LogP contribution in [0.15, 0.2) is 72.0 Å². The predicted molar refractivity (Wildman–Crippen MR) is 115 cm³/mol. The number of nitrogens with zero attached hydrogens (tertiary/aromatic N) is 5. The van der Waals surface area contributed by atoms with E-state index in [9.17, 15) is 9.59 Å². The molecule has 7 heteroatoms. The van der Waals surface area contributed by atoms with Gasteiger partial charge in [0, 0.05) is 25.4 Å². The number of amides is 1. The second kappa shape index (κ2) is 8.32. The Morgan fingerprint density at radius 1 is 1.07 bits per heavy atom. The van der Waals surface area contributed by atoms with E-state index in [0.29, 0.717) is 24.0 Å². The summed E-state index contributed by atoms with van der Waals surface area (Å²) >= 11 is 0. The first-order valence-corrected chi connectivity index (χ1v) is 9.75. The number of benzene rings is 2. The highest BCUT2D eigenvalue weighted by atomic mass is 16.2. The quantitative estimate of drug-likeness (QED) is 0.498. The molecule has 0 unspecified atom stereocenters. The standard InChI is InChI=1S/C23H23N5O2/c1-17-7-6-10-20-22(17)24-16-27(23(20)30)15-21(29)26(2)12-19-11-25-28(14-19)13-18-8-4-3-5-9-18/h3-11,14,16H,12-13,15H2,1-2H3. The number of fused-ring (bicyclic) bond motifs is 1. The molecule has 0 aliphatic heterocycles. The van der Waals surface area contributed by atoms with Gasteiger partial charge in [-0.1, -0.05) is 42.5 Å². The van der Waals surface area contributed by atoms with Crippen LogP contribution in [0, 0.1) is 6.92 Å². The molecule has 0 radical (unpaired) electrons. The molecule has 0 saturated carbocycles. The van der Waals surface area contributed by atoms with E-state index in [1.54, 1.807) is 24.2 Å². The number of carbonyl (C=O) groups is 1. The normalized spacial score (nSPS) is 11.0. The van der Waals surface area contributed by atoms with Crippen molar-refractivity contribution in [2.75, 3.05) is 7.05 Å². The summed E-state index contributed by atoms with van der Waals surface area (Å²) in [7, 11) is 1.72. The highest BCUT2D eigenvalue weighted by molar-refractivity contribution is 5.81. The van der Waals surface area contributed by atoms with Crippen LogP contribution in [-0.4, -0.2) is 37.2 Å². The smallest absolute Gasteiger partial charge is 0.261 e. The summed E-state index contributed by atoms with van der Waals surface area (Å²) in [6, 6.07) is 15.6. The van der Waals surface area contributed by atoms with Crippen molar-refractivity contribution in [1.29, 1.82) is 0 Å². The number of hydrogen-bond donors (Lipinski definition) is 0. The summed E-state index contributed by atoms with van der Waals surface area (Å²) in [4.78, 5) is 31.3. The number of aromatic nitrogens is 4. The van der Waals surface area contributed by atoms with Crippen molar-refractivity contribution in [2.45, 2.75) is 26.6 Å². The van der Waals surface area contributed by atoms with Crippen molar-refractivity contribution in [3.63, 3.8) is 0 Å². The van der Waals surface area contributed by atoms with E-state index in [-0.39, 0.29) is 18.0 Å². The lowest BCUT2D eigenvalue weighted by atomic mass is 10.1. The van der Waals surface area contributed by atoms with Crippen LogP contribution in [0.3, 0.4) is 0 Å². The number of likely N-dealkylation sites (N-methyl/N-ethyl adjacent to an activating group) is 1. The average Bonchev–Trinajstić information content (AvgIpc) is 3.18. The Morgan fingerprint density at radius 3 is 2.67 bits per heavy atom. The van der Waals surface area contributed by atoms with Crippen LogP contribution < -0.4 is 5.56 Å². The van der Waals surface area contributed by atoms with Crippen LogP contribution in [-0.2, 0) is 24.4 Å². The molecular weight excluding hydrogens is 378 g/mol. The van der Waals surface area contributed by atoms with Crippen molar-refractivity contribution in [3.05, 3.63) is 94.3 Å². The minimum Gasteiger partial charge on any atom is -0.340 e. The van der Waals surface area contributed by atoms with Gasteiger partial charge in [0.15, 0.2) is 0 Å². The fourth-order valence-electron chi connectivity index (χ4n) is 3.42. The molecule has 0 spiro atoms. The molecule has 7 nitrogen and oxygen atoms in total. The van der Waals surface area contributed by atoms with Crippen LogP contribution >= 0.6 is 0 Å². The molecule has 0 bridgehead atoms. The van der Waals surface area contributed by atoms with Gasteiger partial charge in [0.05, 0.1) is 30.0 Å². The molecule has 2 heterocycles. The maximum Gasteiger partial charge on any atom is 0.261 e. The molecule has 0 atom stereocenters. The Labute approximate surface area is 174 Å². The fraction of sp³-hybridized carbons (Fsp3) is 0.217. The van der Waals surface area contributed by atoms with E-state index in [4.69, 9.17) is 0 Å². The maximum atomic E-state index is 12.7. The van der Waals surface area contributed by atoms with E-state index in [2.05, 4.69) is 10.1 Å². The number of aryl methyl sites for hydroxylation is 1. The van der Waals surface area contributed by atoms with Crippen LogP contribution in [0.5, 0.6) is 0 Å². The number of hydrogen-bond acceptors (Lipinski definition) is 4. The van der Waals surface area contributed by atoms with Crippen molar-refractivity contribution < 1.29 is 4.79 Å². The summed E-state index contributed by atoms with van der Waals surface area (Å²) in [5, 5.41) is 4.90. The summed E-state index contributed by atoms with van der Waals surface area (Å²) in [6.45, 7) is 2.96. The third-order valence-corrected chi connectivity index (χ3v) is 5.08. The molecule has 2 aromatic carbocycles. The first-order chi connectivity index (χ1) is 14.5. The van der Waals surface area contributed by atoms with Gasteiger partial charge in [0.1, 0.15) is 6.54 Å². The molecule has 4 rings (SSSR count). The van der Waals surface area contributed by atoms with Crippen molar-refractivity contribution >= 4 is 16.8 Å². The Balaban J connectivity index is 1.43. The van der Waals surface area contributed by atoms with Crippen molar-refractivity contribution in [3.8, 4) is 0 Å². The minimum absolute atomic E-state index is 0.0512. The number of rotatable bonds is 6. The first-order valence-electron chi connectivity index (χ1n) is 9.75. The molecule has 0 fully saturated rings. The summed E-state index contributed by atoms with van der Waals surface area (Å²) in [6.07, 6.45) is 5.14. The highest BCUT2D eigenvalue weighted by Gasteiger charge is 2.14. The lowest BCUT2D eigenvalue weighted by molar-refractivity contribution is -0.131. The topological polar surface area (TPSA) is 73.0 Å². The van der Waals surface area contributed by atoms with Gasteiger partial charge in [-0.3, -0.25) is 18.8 Å². The van der Waals surface area contributed by atoms with Crippen LogP contribution in [0.25, 0.3) is 10.9 Å². The highest BCUT2D eigenvalue weighted by Crippen LogP contribution is 2.11. The first kappa shape index (κ1) is 19.6. The van der Waals surface area contributed by atoms with Gasteiger partial charge in [0.25, 0.3) is 5.56 Å². The molecule has 0 N–H and O–H groups in total. The molecule has 2 aromatic heterocycles. The van der Waals surface area contributed by atoms with Gasteiger partial charge in [-0.05, 0) is 24.1 Å². The molecule has 4 aromatic rings. The monoisotopic (exact) mass is 401 g/mol. The summed E-state index contributed by atoms with van der Waals surface area (Å²) < 4.78 is 3.21. The van der Waals surface area contributed by atoms with E-state index in [1.165, 1.54) is 10.9 Å². The molecule has 0 saturated heterocycles. The zero-order chi connectivity index (χ0) is 21.1. The van der Waals surface area contributed by atoms with Gasteiger partial charge < -0.3 is 4.90 Å². The Morgan fingerprint density at radius 2 is 1.87 bits per heavy atom. The zero-order valence-electron chi connectivity index (χ0n) is 17.0. The van der Waals surface area contributed by atoms with Crippen LogP contribution in [0.1, 0.15) is 16.7 Å². The third-order valence-electron chi connectivity index (χ3n) is 5.08. The van der Waals surface area contributed by atoms with E-state index in [1.807, 2.05) is 60.3 Å². The van der Waals surface area contributed by atoms with Crippen molar-refractivity contribution in [2.24, 2.45) is 0 Å². The van der Waals surface area contributed by atoms with E-state index < -0.39 is 0 Å². The Hall–Kier alpha value is -3.74. The molecule has 1 amide bonds. The van der Waals surface area contributed by atoms with Gasteiger partial charge in [-0.25, -0.2) is 4.98 Å². The van der Waals surface area contributed by atoms with Crippen LogP contribution in [0.2, 0.25) is 0 Å². The summed E-state index contributed by atoms with van der Waals surface area (Å²) in [5.74, 6) is -0.165. The summed E-state index contributed by atoms with van der Waals surface area (Å²) in [5.41, 5.74) is 3.50. The Bertz CT molecular complexity index is 1240. The molecule has 0 aliphatic carbocycles. The second-order valence-corrected chi connectivity index (χ2v) is 7.43. The van der Waals surface area contributed by atoms with Crippen molar-refractivity contribution in [1.82, 2.24) is 24.2 Å². The minimum atomic E-state index is -0.207. The maximum absolute atomic E-state index is 12.7. The number of carbonyl (C=O) groups excluding carboxylic acids is 1. The van der Waals surface area contributed by atoms with Gasteiger partial charge in [-0.15, -0.1) is 0 Å². The van der Waals surface area contributed by atoms with Gasteiger partial charge in [0.2, 0.25) is 5.91 Å². The molecule has 0 aliphatic rings. The van der Waals surface area contributed by atoms with Gasteiger partial charge >= 0.3 is 0 Å². The fourth-order valence-corrected chi connectivity index (χ4v) is 3.42. The number of para-hydroxylation sites is 1. The lowest BCUT2D eigenvalue weighted by Crippen LogP contribution is -2.33. The predicted octanol–water partition coefficient (Wildman–Crippen LogP) is 2.61. The zero-order valence-corrected chi connectivity index (χ0v) is 17.0. The lowest BCUT2D eigenvalue weighted by Gasteiger charge is -2.17. The second-order valence-electron chi connectivity index (χ2n) is 7.43. The molecule has 152 valence electrons. The SMILES string of the molecule is Cc1cccc2c(=O)n(CC(=O)N(C)Cc3cnn(Cc4ccccc4)c3)cnc12. The largest absolute Gasteiger partial charge is 0.340 e. The molecule has 30 heavy (non-hydrogen) atoms. The average molecular weight is 401 g/mol. The third kappa shape index (κ3) is 4.15. The van der Waals surface area contributed by atoms with E-state index >= 15 is 0 Å².